The maximum atomic E-state index is 14.1. The van der Waals surface area contributed by atoms with Gasteiger partial charge in [-0.05, 0) is 48.6 Å². The maximum absolute atomic E-state index is 14.1. The Bertz CT molecular complexity index is 1290. The van der Waals surface area contributed by atoms with Crippen molar-refractivity contribution in [1.29, 1.82) is 0 Å². The van der Waals surface area contributed by atoms with E-state index in [1.807, 2.05) is 11.4 Å². The molecule has 1 aliphatic heterocycles. The molecular weight excluding hydrogens is 580 g/mol. The van der Waals surface area contributed by atoms with Gasteiger partial charge < -0.3 is 15.0 Å². The SMILES string of the molecule is CC(C)c1nc(CN(C)C(=O)N[C@@H](CCN2CCOCC2)C(=O)C[C@H](CC[C@@H](C)Cc2ccccc2)Cc2ccccc2)cs1. The molecule has 8 heteroatoms. The van der Waals surface area contributed by atoms with Gasteiger partial charge in [0.1, 0.15) is 0 Å². The monoisotopic (exact) mass is 632 g/mol. The van der Waals surface area contributed by atoms with E-state index in [1.54, 1.807) is 23.3 Å². The van der Waals surface area contributed by atoms with Crippen molar-refractivity contribution < 1.29 is 14.3 Å². The summed E-state index contributed by atoms with van der Waals surface area (Å²) in [6.07, 6.45) is 4.97. The Hall–Kier alpha value is -3.07. The standard InChI is InChI=1S/C37H52N4O3S/c1-28(2)36-38-33(27-45-36)26-40(4)37(43)39-34(17-18-41-19-21-44-22-20-41)35(42)25-32(24-31-13-9-6-10-14-31)16-15-29(3)23-30-11-7-5-8-12-30/h5-14,27-29,32,34H,15-26H2,1-4H3,(H,39,43)/t29-,32-,34+/m1/s1. The van der Waals surface area contributed by atoms with E-state index >= 15 is 0 Å². The van der Waals surface area contributed by atoms with Crippen molar-refractivity contribution in [1.82, 2.24) is 20.1 Å². The number of ether oxygens (including phenoxy) is 1. The Kier molecular flexibility index (Phi) is 14.0. The largest absolute Gasteiger partial charge is 0.379 e. The van der Waals surface area contributed by atoms with E-state index in [2.05, 4.69) is 85.6 Å². The van der Waals surface area contributed by atoms with E-state index in [1.165, 1.54) is 11.1 Å². The zero-order chi connectivity index (χ0) is 32.0. The minimum Gasteiger partial charge on any atom is -0.379 e. The molecule has 1 N–H and O–H groups in total. The average molecular weight is 633 g/mol. The second-order valence-corrected chi connectivity index (χ2v) is 13.9. The van der Waals surface area contributed by atoms with Crippen molar-refractivity contribution >= 4 is 23.2 Å². The molecular formula is C37H52N4O3S. The Labute approximate surface area is 274 Å². The lowest BCUT2D eigenvalue weighted by atomic mass is 9.85. The number of carbonyl (C=O) groups excluding carboxylic acids is 2. The first-order valence-corrected chi connectivity index (χ1v) is 17.5. The highest BCUT2D eigenvalue weighted by Gasteiger charge is 2.27. The summed E-state index contributed by atoms with van der Waals surface area (Å²) in [6.45, 7) is 10.8. The number of carbonyl (C=O) groups is 2. The molecule has 0 unspecified atom stereocenters. The number of urea groups is 1. The third-order valence-corrected chi connectivity index (χ3v) is 9.88. The predicted molar refractivity (Wildman–Crippen MR) is 184 cm³/mol. The van der Waals surface area contributed by atoms with Gasteiger partial charge in [0.05, 0.1) is 36.5 Å². The third kappa shape index (κ3) is 12.0. The first kappa shape index (κ1) is 34.8. The summed E-state index contributed by atoms with van der Waals surface area (Å²) in [6, 6.07) is 20.4. The number of aromatic nitrogens is 1. The van der Waals surface area contributed by atoms with Gasteiger partial charge in [-0.2, -0.15) is 0 Å². The number of amides is 2. The molecule has 2 amide bonds. The maximum Gasteiger partial charge on any atom is 0.318 e. The lowest BCUT2D eigenvalue weighted by Gasteiger charge is -2.29. The van der Waals surface area contributed by atoms with E-state index in [0.29, 0.717) is 44.4 Å². The highest BCUT2D eigenvalue weighted by molar-refractivity contribution is 7.09. The summed E-state index contributed by atoms with van der Waals surface area (Å²) in [5.41, 5.74) is 3.49. The predicted octanol–water partition coefficient (Wildman–Crippen LogP) is 6.98. The van der Waals surface area contributed by atoms with E-state index in [9.17, 15) is 9.59 Å². The molecule has 0 saturated carbocycles. The van der Waals surface area contributed by atoms with Gasteiger partial charge in [0, 0.05) is 44.4 Å². The highest BCUT2D eigenvalue weighted by Crippen LogP contribution is 2.24. The normalized spacial score (nSPS) is 15.8. The number of rotatable bonds is 17. The number of benzene rings is 2. The summed E-state index contributed by atoms with van der Waals surface area (Å²) < 4.78 is 5.53. The second kappa shape index (κ2) is 18.2. The van der Waals surface area contributed by atoms with Crippen LogP contribution in [0.4, 0.5) is 4.79 Å². The van der Waals surface area contributed by atoms with Crippen LogP contribution in [0.2, 0.25) is 0 Å². The third-order valence-electron chi connectivity index (χ3n) is 8.69. The van der Waals surface area contributed by atoms with Crippen LogP contribution in [-0.2, 0) is 28.9 Å². The molecule has 0 aliphatic carbocycles. The molecule has 4 rings (SSSR count). The smallest absolute Gasteiger partial charge is 0.318 e. The van der Waals surface area contributed by atoms with Crippen LogP contribution in [0.5, 0.6) is 0 Å². The molecule has 3 atom stereocenters. The summed E-state index contributed by atoms with van der Waals surface area (Å²) in [5, 5.41) is 6.22. The lowest BCUT2D eigenvalue weighted by Crippen LogP contribution is -2.48. The molecule has 1 aliphatic rings. The quantitative estimate of drug-likeness (QED) is 0.174. The molecule has 1 saturated heterocycles. The summed E-state index contributed by atoms with van der Waals surface area (Å²) in [7, 11) is 1.78. The number of morpholine rings is 1. The lowest BCUT2D eigenvalue weighted by molar-refractivity contribution is -0.122. The molecule has 0 radical (unpaired) electrons. The van der Waals surface area contributed by atoms with E-state index in [-0.39, 0.29) is 17.7 Å². The second-order valence-electron chi connectivity index (χ2n) is 13.0. The van der Waals surface area contributed by atoms with Crippen molar-refractivity contribution in [3.63, 3.8) is 0 Å². The molecule has 3 aromatic rings. The van der Waals surface area contributed by atoms with Crippen LogP contribution in [0.3, 0.4) is 0 Å². The molecule has 7 nitrogen and oxygen atoms in total. The fraction of sp³-hybridized carbons (Fsp3) is 0.541. The van der Waals surface area contributed by atoms with Gasteiger partial charge in [0.2, 0.25) is 0 Å². The molecule has 0 bridgehead atoms. The summed E-state index contributed by atoms with van der Waals surface area (Å²) >= 11 is 1.63. The molecule has 45 heavy (non-hydrogen) atoms. The van der Waals surface area contributed by atoms with Gasteiger partial charge in [0.25, 0.3) is 0 Å². The topological polar surface area (TPSA) is 74.8 Å². The first-order chi connectivity index (χ1) is 21.8. The van der Waals surface area contributed by atoms with Crippen molar-refractivity contribution in [2.24, 2.45) is 11.8 Å². The number of thiazole rings is 1. The van der Waals surface area contributed by atoms with Crippen LogP contribution in [0.25, 0.3) is 0 Å². The van der Waals surface area contributed by atoms with E-state index in [0.717, 1.165) is 56.0 Å². The van der Waals surface area contributed by atoms with Crippen molar-refractivity contribution in [3.05, 3.63) is 87.9 Å². The number of Topliss-reactive ketones (excluding diaryl/α,β-unsaturated/α-hetero) is 1. The van der Waals surface area contributed by atoms with Gasteiger partial charge in [-0.3, -0.25) is 9.69 Å². The summed E-state index contributed by atoms with van der Waals surface area (Å²) in [4.78, 5) is 36.1. The van der Waals surface area contributed by atoms with Crippen molar-refractivity contribution in [2.75, 3.05) is 39.9 Å². The Morgan fingerprint density at radius 2 is 1.58 bits per heavy atom. The van der Waals surface area contributed by atoms with E-state index in [4.69, 9.17) is 9.72 Å². The Balaban J connectivity index is 1.42. The number of hydrogen-bond acceptors (Lipinski definition) is 6. The van der Waals surface area contributed by atoms with Crippen LogP contribution >= 0.6 is 11.3 Å². The number of nitrogens with zero attached hydrogens (tertiary/aromatic N) is 3. The zero-order valence-electron chi connectivity index (χ0n) is 27.6. The molecule has 2 heterocycles. The van der Waals surface area contributed by atoms with E-state index < -0.39 is 6.04 Å². The highest BCUT2D eigenvalue weighted by atomic mass is 32.1. The fourth-order valence-electron chi connectivity index (χ4n) is 5.97. The molecule has 0 spiro atoms. The number of ketones is 1. The Morgan fingerprint density at radius 1 is 0.933 bits per heavy atom. The summed E-state index contributed by atoms with van der Waals surface area (Å²) in [5.74, 6) is 1.21. The molecule has 244 valence electrons. The fourth-order valence-corrected chi connectivity index (χ4v) is 6.80. The molecule has 1 aromatic heterocycles. The van der Waals surface area contributed by atoms with Gasteiger partial charge in [-0.15, -0.1) is 11.3 Å². The van der Waals surface area contributed by atoms with Crippen LogP contribution < -0.4 is 5.32 Å². The molecule has 1 fully saturated rings. The number of hydrogen-bond donors (Lipinski definition) is 1. The van der Waals surface area contributed by atoms with Crippen LogP contribution in [0.1, 0.15) is 74.2 Å². The van der Waals surface area contributed by atoms with Gasteiger partial charge >= 0.3 is 6.03 Å². The number of nitrogens with one attached hydrogen (secondary N) is 1. The van der Waals surface area contributed by atoms with Crippen LogP contribution in [0.15, 0.2) is 66.0 Å². The Morgan fingerprint density at radius 3 is 2.20 bits per heavy atom. The van der Waals surface area contributed by atoms with Gasteiger partial charge in [0.15, 0.2) is 5.78 Å². The van der Waals surface area contributed by atoms with Gasteiger partial charge in [-0.1, -0.05) is 87.9 Å². The van der Waals surface area contributed by atoms with Crippen LogP contribution in [0, 0.1) is 11.8 Å². The average Bonchev–Trinajstić information content (AvgIpc) is 3.52. The van der Waals surface area contributed by atoms with Crippen molar-refractivity contribution in [2.45, 2.75) is 77.8 Å². The zero-order valence-corrected chi connectivity index (χ0v) is 28.4. The van der Waals surface area contributed by atoms with Crippen molar-refractivity contribution in [3.8, 4) is 0 Å². The van der Waals surface area contributed by atoms with Gasteiger partial charge in [-0.25, -0.2) is 9.78 Å². The minimum absolute atomic E-state index is 0.123. The first-order valence-electron chi connectivity index (χ1n) is 16.6. The molecule has 2 aromatic carbocycles. The van der Waals surface area contributed by atoms with Crippen LogP contribution in [-0.4, -0.2) is 72.5 Å². The minimum atomic E-state index is -0.538.